The van der Waals surface area contributed by atoms with Crippen LogP contribution >= 0.6 is 0 Å². The molecular weight excluding hydrogens is 402 g/mol. The van der Waals surface area contributed by atoms with Crippen molar-refractivity contribution >= 4 is 5.91 Å². The molecule has 2 N–H and O–H groups in total. The van der Waals surface area contributed by atoms with Crippen molar-refractivity contribution in [3.05, 3.63) is 65.7 Å². The number of rotatable bonds is 6. The summed E-state index contributed by atoms with van der Waals surface area (Å²) in [5, 5.41) is 12.4. The average Bonchev–Trinajstić information content (AvgIpc) is 3.31. The molecule has 5 atom stereocenters. The van der Waals surface area contributed by atoms with Gasteiger partial charge in [-0.05, 0) is 71.8 Å². The van der Waals surface area contributed by atoms with E-state index in [1.807, 2.05) is 42.5 Å². The molecule has 5 rings (SSSR count). The SMILES string of the molecule is CC1(C)[C@@H]2C[C@@H]3[C@@H](c4ccc(OCCO)cc4)OCC[C@]3(C2)[C@H]1NC(=O)c1ccccc1. The molecule has 3 fully saturated rings. The smallest absolute Gasteiger partial charge is 0.251 e. The van der Waals surface area contributed by atoms with Crippen LogP contribution in [0.4, 0.5) is 0 Å². The van der Waals surface area contributed by atoms with E-state index in [1.54, 1.807) is 0 Å². The van der Waals surface area contributed by atoms with Crippen LogP contribution in [0, 0.1) is 22.7 Å². The predicted molar refractivity (Wildman–Crippen MR) is 122 cm³/mol. The summed E-state index contributed by atoms with van der Waals surface area (Å²) in [7, 11) is 0. The van der Waals surface area contributed by atoms with E-state index in [0.717, 1.165) is 30.6 Å². The Morgan fingerprint density at radius 1 is 1.16 bits per heavy atom. The number of benzene rings is 2. The monoisotopic (exact) mass is 435 g/mol. The van der Waals surface area contributed by atoms with Crippen molar-refractivity contribution in [2.24, 2.45) is 22.7 Å². The third-order valence-electron chi connectivity index (χ3n) is 8.38. The van der Waals surface area contributed by atoms with E-state index in [4.69, 9.17) is 14.6 Å². The van der Waals surface area contributed by atoms with E-state index in [1.165, 1.54) is 5.56 Å². The Hall–Kier alpha value is -2.37. The van der Waals surface area contributed by atoms with Crippen LogP contribution in [0.3, 0.4) is 0 Å². The van der Waals surface area contributed by atoms with Crippen molar-refractivity contribution in [2.45, 2.75) is 45.3 Å². The molecule has 2 aromatic carbocycles. The third-order valence-corrected chi connectivity index (χ3v) is 8.38. The summed E-state index contributed by atoms with van der Waals surface area (Å²) >= 11 is 0. The summed E-state index contributed by atoms with van der Waals surface area (Å²) in [6.45, 7) is 5.67. The Kier molecular flexibility index (Phi) is 5.50. The molecule has 2 bridgehead atoms. The van der Waals surface area contributed by atoms with Crippen LogP contribution in [0.15, 0.2) is 54.6 Å². The largest absolute Gasteiger partial charge is 0.491 e. The van der Waals surface area contributed by atoms with Crippen LogP contribution in [0.1, 0.15) is 55.1 Å². The van der Waals surface area contributed by atoms with E-state index in [2.05, 4.69) is 31.3 Å². The first kappa shape index (κ1) is 21.5. The van der Waals surface area contributed by atoms with Crippen molar-refractivity contribution in [1.29, 1.82) is 0 Å². The lowest BCUT2D eigenvalue weighted by atomic mass is 9.59. The van der Waals surface area contributed by atoms with Crippen LogP contribution in [0.25, 0.3) is 0 Å². The van der Waals surface area contributed by atoms with Gasteiger partial charge in [-0.2, -0.15) is 0 Å². The lowest BCUT2D eigenvalue weighted by Gasteiger charge is -2.53. The van der Waals surface area contributed by atoms with Crippen molar-refractivity contribution in [2.75, 3.05) is 19.8 Å². The number of fused-ring (bicyclic) bond motifs is 1. The van der Waals surface area contributed by atoms with Crippen LogP contribution < -0.4 is 10.1 Å². The topological polar surface area (TPSA) is 67.8 Å². The first-order valence-electron chi connectivity index (χ1n) is 11.8. The molecule has 5 heteroatoms. The second kappa shape index (κ2) is 8.20. The molecule has 170 valence electrons. The Morgan fingerprint density at radius 2 is 1.91 bits per heavy atom. The molecular formula is C27H33NO4. The van der Waals surface area contributed by atoms with Gasteiger partial charge in [0.15, 0.2) is 0 Å². The van der Waals surface area contributed by atoms with Gasteiger partial charge in [0.25, 0.3) is 5.91 Å². The van der Waals surface area contributed by atoms with Gasteiger partial charge in [-0.25, -0.2) is 0 Å². The fraction of sp³-hybridized carbons (Fsp3) is 0.519. The highest BCUT2D eigenvalue weighted by atomic mass is 16.5. The molecule has 2 saturated carbocycles. The molecule has 1 heterocycles. The zero-order valence-electron chi connectivity index (χ0n) is 18.9. The lowest BCUT2D eigenvalue weighted by molar-refractivity contribution is -0.120. The van der Waals surface area contributed by atoms with Crippen LogP contribution in [0.2, 0.25) is 0 Å². The Labute approximate surface area is 190 Å². The Bertz CT molecular complexity index is 957. The highest BCUT2D eigenvalue weighted by Gasteiger charge is 2.68. The number of aliphatic hydroxyl groups is 1. The first-order chi connectivity index (χ1) is 15.5. The van der Waals surface area contributed by atoms with Gasteiger partial charge >= 0.3 is 0 Å². The number of nitrogens with one attached hydrogen (secondary N) is 1. The molecule has 1 amide bonds. The lowest BCUT2D eigenvalue weighted by Crippen LogP contribution is -2.58. The maximum Gasteiger partial charge on any atom is 0.251 e. The number of aliphatic hydroxyl groups excluding tert-OH is 1. The van der Waals surface area contributed by atoms with Crippen molar-refractivity contribution in [1.82, 2.24) is 5.32 Å². The minimum absolute atomic E-state index is 0.00530. The highest BCUT2D eigenvalue weighted by molar-refractivity contribution is 5.94. The minimum Gasteiger partial charge on any atom is -0.491 e. The standard InChI is InChI=1S/C27H33NO4/c1-26(2)20-16-22-23(18-8-10-21(11-9-18)31-15-13-29)32-14-12-27(22,17-20)25(26)28-24(30)19-6-4-3-5-7-19/h3-11,20,22-23,25,29H,12-17H2,1-2H3,(H,28,30)/t20-,22-,23-,25+,27-/m1/s1. The van der Waals surface area contributed by atoms with E-state index in [0.29, 0.717) is 25.0 Å². The third kappa shape index (κ3) is 3.43. The maximum atomic E-state index is 13.1. The van der Waals surface area contributed by atoms with Crippen LogP contribution in [-0.4, -0.2) is 36.9 Å². The number of ether oxygens (including phenoxy) is 2. The summed E-state index contributed by atoms with van der Waals surface area (Å²) in [5.74, 6) is 1.75. The summed E-state index contributed by atoms with van der Waals surface area (Å²) in [6, 6.07) is 17.8. The fourth-order valence-corrected chi connectivity index (χ4v) is 6.84. The van der Waals surface area contributed by atoms with E-state index < -0.39 is 0 Å². The number of hydrogen-bond acceptors (Lipinski definition) is 4. The van der Waals surface area contributed by atoms with Crippen molar-refractivity contribution in [3.63, 3.8) is 0 Å². The molecule has 0 unspecified atom stereocenters. The molecule has 1 spiro atoms. The summed E-state index contributed by atoms with van der Waals surface area (Å²) in [4.78, 5) is 13.1. The van der Waals surface area contributed by atoms with E-state index in [-0.39, 0.29) is 35.5 Å². The molecule has 2 aliphatic carbocycles. The van der Waals surface area contributed by atoms with E-state index in [9.17, 15) is 4.79 Å². The molecule has 0 radical (unpaired) electrons. The number of amides is 1. The first-order valence-corrected chi connectivity index (χ1v) is 11.8. The van der Waals surface area contributed by atoms with Gasteiger partial charge < -0.3 is 19.9 Å². The minimum atomic E-state index is 0.00530. The summed E-state index contributed by atoms with van der Waals surface area (Å²) in [5.41, 5.74) is 2.02. The van der Waals surface area contributed by atoms with Crippen molar-refractivity contribution < 1.29 is 19.4 Å². The molecule has 0 aromatic heterocycles. The second-order valence-corrected chi connectivity index (χ2v) is 10.3. The van der Waals surface area contributed by atoms with Gasteiger partial charge in [0, 0.05) is 18.2 Å². The molecule has 3 aliphatic rings. The fourth-order valence-electron chi connectivity index (χ4n) is 6.84. The molecule has 2 aromatic rings. The van der Waals surface area contributed by atoms with Crippen molar-refractivity contribution in [3.8, 4) is 5.75 Å². The molecule has 32 heavy (non-hydrogen) atoms. The van der Waals surface area contributed by atoms with Gasteiger partial charge in [-0.3, -0.25) is 4.79 Å². The number of carbonyl (C=O) groups excluding carboxylic acids is 1. The normalized spacial score (nSPS) is 32.3. The second-order valence-electron chi connectivity index (χ2n) is 10.3. The molecule has 1 aliphatic heterocycles. The zero-order chi connectivity index (χ0) is 22.3. The Morgan fingerprint density at radius 3 is 2.62 bits per heavy atom. The van der Waals surface area contributed by atoms with Gasteiger partial charge in [0.05, 0.1) is 12.7 Å². The van der Waals surface area contributed by atoms with Gasteiger partial charge in [0.1, 0.15) is 12.4 Å². The number of hydrogen-bond donors (Lipinski definition) is 2. The maximum absolute atomic E-state index is 13.1. The molecule has 5 nitrogen and oxygen atoms in total. The van der Waals surface area contributed by atoms with Crippen LogP contribution in [0.5, 0.6) is 5.75 Å². The van der Waals surface area contributed by atoms with Gasteiger partial charge in [-0.1, -0.05) is 44.2 Å². The van der Waals surface area contributed by atoms with Crippen LogP contribution in [-0.2, 0) is 4.74 Å². The molecule has 1 saturated heterocycles. The predicted octanol–water partition coefficient (Wildman–Crippen LogP) is 4.37. The summed E-state index contributed by atoms with van der Waals surface area (Å²) < 4.78 is 11.9. The zero-order valence-corrected chi connectivity index (χ0v) is 18.9. The number of carbonyl (C=O) groups is 1. The van der Waals surface area contributed by atoms with Gasteiger partial charge in [0.2, 0.25) is 0 Å². The van der Waals surface area contributed by atoms with Gasteiger partial charge in [-0.15, -0.1) is 0 Å². The highest BCUT2D eigenvalue weighted by Crippen LogP contribution is 2.70. The summed E-state index contributed by atoms with van der Waals surface area (Å²) in [6.07, 6.45) is 3.32. The quantitative estimate of drug-likeness (QED) is 0.707. The Balaban J connectivity index is 1.41. The average molecular weight is 436 g/mol. The van der Waals surface area contributed by atoms with E-state index >= 15 is 0 Å².